The third kappa shape index (κ3) is 9.61. The maximum atomic E-state index is 13.6. The maximum Gasteiger partial charge on any atom is 0.415 e. The number of nitrogens with zero attached hydrogens (tertiary/aromatic N) is 5. The fourth-order valence-corrected chi connectivity index (χ4v) is 5.92. The van der Waals surface area contributed by atoms with E-state index in [-0.39, 0.29) is 50.7 Å². The first kappa shape index (κ1) is 37.3. The molecule has 3 N–H and O–H groups in total. The molecule has 0 saturated carbocycles. The molecule has 0 spiro atoms. The van der Waals surface area contributed by atoms with Crippen LogP contribution in [0.5, 0.6) is 11.6 Å². The molecule has 3 aromatic rings. The third-order valence-electron chi connectivity index (χ3n) is 8.57. The van der Waals surface area contributed by atoms with Gasteiger partial charge in [0.2, 0.25) is 17.7 Å². The minimum absolute atomic E-state index is 0.0225. The molecule has 0 bridgehead atoms. The number of halogens is 1. The van der Waals surface area contributed by atoms with Gasteiger partial charge in [-0.15, -0.1) is 0 Å². The molecule has 2 unspecified atom stereocenters. The van der Waals surface area contributed by atoms with E-state index in [0.717, 1.165) is 0 Å². The van der Waals surface area contributed by atoms with Crippen LogP contribution in [-0.2, 0) is 19.2 Å². The second-order valence-electron chi connectivity index (χ2n) is 12.1. The molecule has 2 saturated heterocycles. The van der Waals surface area contributed by atoms with Crippen molar-refractivity contribution in [2.75, 3.05) is 52.6 Å². The summed E-state index contributed by atoms with van der Waals surface area (Å²) < 4.78 is 25.1. The van der Waals surface area contributed by atoms with E-state index in [0.29, 0.717) is 30.8 Å². The Labute approximate surface area is 298 Å². The van der Waals surface area contributed by atoms with Crippen LogP contribution in [0.3, 0.4) is 0 Å². The summed E-state index contributed by atoms with van der Waals surface area (Å²) in [5.74, 6) is -3.00. The zero-order valence-corrected chi connectivity index (χ0v) is 28.3. The van der Waals surface area contributed by atoms with Crippen LogP contribution in [0.1, 0.15) is 36.2 Å². The second kappa shape index (κ2) is 17.8. The number of carboxylic acid groups (broad SMARTS) is 1. The van der Waals surface area contributed by atoms with Crippen LogP contribution in [0, 0.1) is 0 Å². The number of piperazine rings is 1. The van der Waals surface area contributed by atoms with Crippen molar-refractivity contribution in [1.29, 1.82) is 0 Å². The van der Waals surface area contributed by atoms with Gasteiger partial charge in [-0.25, -0.2) is 13.9 Å². The van der Waals surface area contributed by atoms with Gasteiger partial charge in [-0.05, 0) is 43.5 Å². The summed E-state index contributed by atoms with van der Waals surface area (Å²) in [5, 5.41) is 18.8. The van der Waals surface area contributed by atoms with E-state index in [9.17, 15) is 38.3 Å². The molecule has 2 aliphatic heterocycles. The Bertz CT molecular complexity index is 1730. The molecule has 276 valence electrons. The van der Waals surface area contributed by atoms with E-state index in [1.165, 1.54) is 25.4 Å². The molecule has 2 atom stereocenters. The number of carbonyl (C=O) groups excluding carboxylic acids is 5. The minimum atomic E-state index is -1.23. The quantitative estimate of drug-likeness (QED) is 0.221. The highest BCUT2D eigenvalue weighted by Gasteiger charge is 2.35. The average molecular weight is 722 g/mol. The highest BCUT2D eigenvalue weighted by molar-refractivity contribution is 5.96. The standard InChI is InChI=1S/C35H40FN7O9/c36-15-16-37-33(48)28-12-7-17-42(28)29(44)23-51-30-22-27(39-43(30)24-8-3-1-4-9-24)32(47)38-26(13-14-31(45)46)34(49)40-18-20-41(21-19-40)35(50)52-25-10-5-2-6-11-25/h1-6,8-11,22,26,28H,7,12-21,23H2,(H,37,48)(H,38,47)(H,45,46). The molecule has 3 heterocycles. The Morgan fingerprint density at radius 1 is 0.923 bits per heavy atom. The van der Waals surface area contributed by atoms with Crippen LogP contribution in [0.2, 0.25) is 0 Å². The highest BCUT2D eigenvalue weighted by Crippen LogP contribution is 2.22. The lowest BCUT2D eigenvalue weighted by molar-refractivity contribution is -0.140. The molecular formula is C35H40FN7O9. The lowest BCUT2D eigenvalue weighted by Gasteiger charge is -2.35. The van der Waals surface area contributed by atoms with Crippen LogP contribution in [-0.4, -0.2) is 130 Å². The molecule has 1 aromatic heterocycles. The van der Waals surface area contributed by atoms with Crippen molar-refractivity contribution in [3.05, 3.63) is 72.4 Å². The lowest BCUT2D eigenvalue weighted by atomic mass is 10.1. The van der Waals surface area contributed by atoms with Crippen molar-refractivity contribution >= 4 is 35.7 Å². The normalized spacial score (nSPS) is 16.2. The third-order valence-corrected chi connectivity index (χ3v) is 8.57. The SMILES string of the molecule is O=C(O)CCC(NC(=O)c1cc(OCC(=O)N2CCCC2C(=O)NCCF)n(-c2ccccc2)n1)C(=O)N1CCN(C(=O)Oc2ccccc2)CC1. The number of nitrogens with one attached hydrogen (secondary N) is 2. The Morgan fingerprint density at radius 3 is 2.27 bits per heavy atom. The number of alkyl halides is 1. The van der Waals surface area contributed by atoms with E-state index in [4.69, 9.17) is 9.47 Å². The van der Waals surface area contributed by atoms with Crippen LogP contribution < -0.4 is 20.1 Å². The van der Waals surface area contributed by atoms with Crippen molar-refractivity contribution < 1.29 is 47.7 Å². The molecule has 2 aromatic carbocycles. The van der Waals surface area contributed by atoms with Crippen LogP contribution in [0.4, 0.5) is 9.18 Å². The summed E-state index contributed by atoms with van der Waals surface area (Å²) in [6, 6.07) is 16.5. The molecular weight excluding hydrogens is 681 g/mol. The van der Waals surface area contributed by atoms with Crippen LogP contribution >= 0.6 is 0 Å². The number of aliphatic carboxylic acids is 1. The molecule has 2 aliphatic rings. The van der Waals surface area contributed by atoms with Crippen molar-refractivity contribution in [1.82, 2.24) is 35.1 Å². The lowest BCUT2D eigenvalue weighted by Crippen LogP contribution is -2.56. The predicted molar refractivity (Wildman–Crippen MR) is 182 cm³/mol. The Kier molecular flexibility index (Phi) is 12.7. The molecule has 2 fully saturated rings. The van der Waals surface area contributed by atoms with Gasteiger partial charge in [-0.3, -0.25) is 24.0 Å². The minimum Gasteiger partial charge on any atom is -0.481 e. The van der Waals surface area contributed by atoms with Gasteiger partial charge in [0.05, 0.1) is 5.69 Å². The number of carbonyl (C=O) groups is 6. The number of hydrogen-bond donors (Lipinski definition) is 3. The van der Waals surface area contributed by atoms with Crippen molar-refractivity contribution in [3.63, 3.8) is 0 Å². The molecule has 16 nitrogen and oxygen atoms in total. The molecule has 5 rings (SSSR count). The number of carboxylic acids is 1. The molecule has 0 aliphatic carbocycles. The van der Waals surface area contributed by atoms with Gasteiger partial charge in [0.15, 0.2) is 12.3 Å². The van der Waals surface area contributed by atoms with Gasteiger partial charge in [-0.2, -0.15) is 5.10 Å². The monoisotopic (exact) mass is 721 g/mol. The van der Waals surface area contributed by atoms with Crippen molar-refractivity contribution in [2.45, 2.75) is 37.8 Å². The van der Waals surface area contributed by atoms with E-state index in [2.05, 4.69) is 15.7 Å². The van der Waals surface area contributed by atoms with E-state index in [1.54, 1.807) is 60.7 Å². The summed E-state index contributed by atoms with van der Waals surface area (Å²) in [6.07, 6.45) is -0.165. The molecule has 0 radical (unpaired) electrons. The number of aromatic nitrogens is 2. The zero-order chi connectivity index (χ0) is 37.0. The van der Waals surface area contributed by atoms with Crippen LogP contribution in [0.25, 0.3) is 5.69 Å². The first-order chi connectivity index (χ1) is 25.1. The first-order valence-corrected chi connectivity index (χ1v) is 16.9. The van der Waals surface area contributed by atoms with Crippen molar-refractivity contribution in [3.8, 4) is 17.3 Å². The average Bonchev–Trinajstić information content (AvgIpc) is 3.83. The summed E-state index contributed by atoms with van der Waals surface area (Å²) >= 11 is 0. The van der Waals surface area contributed by atoms with E-state index >= 15 is 0 Å². The fraction of sp³-hybridized carbons (Fsp3) is 0.400. The molecule has 52 heavy (non-hydrogen) atoms. The number of ether oxygens (including phenoxy) is 2. The summed E-state index contributed by atoms with van der Waals surface area (Å²) in [7, 11) is 0. The smallest absolute Gasteiger partial charge is 0.415 e. The number of para-hydroxylation sites is 2. The first-order valence-electron chi connectivity index (χ1n) is 16.9. The zero-order valence-electron chi connectivity index (χ0n) is 28.3. The van der Waals surface area contributed by atoms with Gasteiger partial charge < -0.3 is 39.9 Å². The molecule has 17 heteroatoms. The van der Waals surface area contributed by atoms with Gasteiger partial charge >= 0.3 is 12.1 Å². The summed E-state index contributed by atoms with van der Waals surface area (Å²) in [5.41, 5.74) is 0.327. The number of hydrogen-bond acceptors (Lipinski definition) is 9. The maximum absolute atomic E-state index is 13.6. The van der Waals surface area contributed by atoms with Gasteiger partial charge in [0, 0.05) is 51.8 Å². The Balaban J connectivity index is 1.26. The van der Waals surface area contributed by atoms with Gasteiger partial charge in [-0.1, -0.05) is 36.4 Å². The van der Waals surface area contributed by atoms with Gasteiger partial charge in [0.1, 0.15) is 24.5 Å². The Morgan fingerprint density at radius 2 is 1.60 bits per heavy atom. The number of rotatable bonds is 14. The number of benzene rings is 2. The topological polar surface area (TPSA) is 193 Å². The predicted octanol–water partition coefficient (Wildman–Crippen LogP) is 1.63. The number of likely N-dealkylation sites (tertiary alicyclic amines) is 1. The summed E-state index contributed by atoms with van der Waals surface area (Å²) in [6.45, 7) is -0.458. The fourth-order valence-electron chi connectivity index (χ4n) is 5.92. The largest absolute Gasteiger partial charge is 0.481 e. The summed E-state index contributed by atoms with van der Waals surface area (Å²) in [4.78, 5) is 81.2. The second-order valence-corrected chi connectivity index (χ2v) is 12.1. The van der Waals surface area contributed by atoms with Gasteiger partial charge in [0.25, 0.3) is 11.8 Å². The van der Waals surface area contributed by atoms with E-state index < -0.39 is 67.5 Å². The number of amides is 5. The highest BCUT2D eigenvalue weighted by atomic mass is 19.1. The van der Waals surface area contributed by atoms with Crippen molar-refractivity contribution in [2.24, 2.45) is 0 Å². The Hall–Kier alpha value is -6.00. The van der Waals surface area contributed by atoms with Crippen LogP contribution in [0.15, 0.2) is 66.7 Å². The molecule has 5 amide bonds. The van der Waals surface area contributed by atoms with E-state index in [1.807, 2.05) is 0 Å².